The van der Waals surface area contributed by atoms with Gasteiger partial charge in [0.15, 0.2) is 5.82 Å². The van der Waals surface area contributed by atoms with Crippen LogP contribution in [0.1, 0.15) is 24.8 Å². The molecule has 0 spiro atoms. The number of nitrogens with one attached hydrogen (secondary N) is 1. The zero-order chi connectivity index (χ0) is 14.7. The lowest BCUT2D eigenvalue weighted by molar-refractivity contribution is 0.565. The van der Waals surface area contributed by atoms with E-state index in [1.807, 2.05) is 25.1 Å². The molecule has 1 N–H and O–H groups in total. The molecule has 0 bridgehead atoms. The van der Waals surface area contributed by atoms with Crippen molar-refractivity contribution in [1.82, 2.24) is 15.2 Å². The Morgan fingerprint density at radius 2 is 2.00 bits per heavy atom. The molecular weight excluding hydrogens is 286 g/mol. The maximum absolute atomic E-state index is 6.14. The fraction of sp³-hybridized carbons (Fsp3) is 0.400. The molecule has 21 heavy (non-hydrogen) atoms. The van der Waals surface area contributed by atoms with E-state index in [9.17, 15) is 0 Å². The minimum absolute atomic E-state index is 0.691. The zero-order valence-electron chi connectivity index (χ0n) is 12.0. The first-order chi connectivity index (χ1) is 10.2. The van der Waals surface area contributed by atoms with Gasteiger partial charge in [-0.2, -0.15) is 10.1 Å². The molecule has 2 aromatic rings. The molecule has 1 aromatic carbocycles. The molecule has 1 aromatic heterocycles. The lowest BCUT2D eigenvalue weighted by Crippen LogP contribution is -2.31. The average Bonchev–Trinajstić information content (AvgIpc) is 2.53. The molecule has 3 rings (SSSR count). The van der Waals surface area contributed by atoms with Crippen molar-refractivity contribution in [3.8, 4) is 0 Å². The number of hydrogen-bond acceptors (Lipinski definition) is 5. The van der Waals surface area contributed by atoms with Crippen LogP contribution in [-0.4, -0.2) is 28.3 Å². The van der Waals surface area contributed by atoms with E-state index in [0.717, 1.165) is 29.4 Å². The van der Waals surface area contributed by atoms with Gasteiger partial charge < -0.3 is 10.2 Å². The topological polar surface area (TPSA) is 53.9 Å². The number of nitrogens with zero attached hydrogens (tertiary/aromatic N) is 4. The van der Waals surface area contributed by atoms with Crippen molar-refractivity contribution in [1.29, 1.82) is 0 Å². The Hall–Kier alpha value is -1.88. The van der Waals surface area contributed by atoms with Gasteiger partial charge in [0, 0.05) is 23.8 Å². The van der Waals surface area contributed by atoms with Gasteiger partial charge in [-0.05, 0) is 43.9 Å². The van der Waals surface area contributed by atoms with Gasteiger partial charge in [0.25, 0.3) is 0 Å². The molecule has 110 valence electrons. The lowest BCUT2D eigenvalue weighted by atomic mass is 10.1. The van der Waals surface area contributed by atoms with E-state index in [1.54, 1.807) is 6.20 Å². The molecule has 1 aliphatic rings. The smallest absolute Gasteiger partial charge is 0.247 e. The molecule has 0 aliphatic carbocycles. The highest BCUT2D eigenvalue weighted by molar-refractivity contribution is 6.31. The van der Waals surface area contributed by atoms with Gasteiger partial charge in [0.1, 0.15) is 0 Å². The molecule has 6 heteroatoms. The molecule has 1 fully saturated rings. The number of anilines is 3. The van der Waals surface area contributed by atoms with Crippen LogP contribution >= 0.6 is 11.6 Å². The summed E-state index contributed by atoms with van der Waals surface area (Å²) in [7, 11) is 0. The number of piperidine rings is 1. The van der Waals surface area contributed by atoms with Crippen LogP contribution in [0.4, 0.5) is 17.5 Å². The highest BCUT2D eigenvalue weighted by atomic mass is 35.5. The maximum Gasteiger partial charge on any atom is 0.247 e. The summed E-state index contributed by atoms with van der Waals surface area (Å²) in [6.45, 7) is 3.98. The zero-order valence-corrected chi connectivity index (χ0v) is 12.8. The second kappa shape index (κ2) is 6.26. The van der Waals surface area contributed by atoms with E-state index in [-0.39, 0.29) is 0 Å². The van der Waals surface area contributed by atoms with Crippen molar-refractivity contribution in [2.75, 3.05) is 23.3 Å². The Morgan fingerprint density at radius 1 is 1.19 bits per heavy atom. The summed E-state index contributed by atoms with van der Waals surface area (Å²) in [4.78, 5) is 6.75. The van der Waals surface area contributed by atoms with Crippen LogP contribution in [0.15, 0.2) is 24.4 Å². The second-order valence-corrected chi connectivity index (χ2v) is 5.63. The molecule has 0 atom stereocenters. The molecule has 0 saturated carbocycles. The number of rotatable bonds is 3. The van der Waals surface area contributed by atoms with E-state index in [2.05, 4.69) is 25.4 Å². The van der Waals surface area contributed by atoms with Crippen molar-refractivity contribution < 1.29 is 0 Å². The standard InChI is InChI=1S/C15H18ClN5/c1-11-12(16)6-5-7-13(11)18-14-10-17-20-15(19-14)21-8-3-2-4-9-21/h5-7,10H,2-4,8-9H2,1H3,(H,18,19,20). The second-order valence-electron chi connectivity index (χ2n) is 5.23. The summed E-state index contributed by atoms with van der Waals surface area (Å²) in [5, 5.41) is 12.2. The summed E-state index contributed by atoms with van der Waals surface area (Å²) in [6.07, 6.45) is 5.29. The predicted molar refractivity (Wildman–Crippen MR) is 85.4 cm³/mol. The SMILES string of the molecule is Cc1c(Cl)cccc1Nc1cnnc(N2CCCCC2)n1. The maximum atomic E-state index is 6.14. The van der Waals surface area contributed by atoms with Crippen molar-refractivity contribution in [2.24, 2.45) is 0 Å². The van der Waals surface area contributed by atoms with Crippen LogP contribution in [0.5, 0.6) is 0 Å². The molecule has 0 unspecified atom stereocenters. The van der Waals surface area contributed by atoms with Crippen LogP contribution in [-0.2, 0) is 0 Å². The fourth-order valence-electron chi connectivity index (χ4n) is 2.46. The van der Waals surface area contributed by atoms with E-state index < -0.39 is 0 Å². The lowest BCUT2D eigenvalue weighted by Gasteiger charge is -2.26. The number of hydrogen-bond donors (Lipinski definition) is 1. The predicted octanol–water partition coefficient (Wildman–Crippen LogP) is 3.57. The van der Waals surface area contributed by atoms with Crippen LogP contribution < -0.4 is 10.2 Å². The summed E-state index contributed by atoms with van der Waals surface area (Å²) in [5.41, 5.74) is 1.94. The molecule has 5 nitrogen and oxygen atoms in total. The van der Waals surface area contributed by atoms with Gasteiger partial charge >= 0.3 is 0 Å². The summed E-state index contributed by atoms with van der Waals surface area (Å²) >= 11 is 6.14. The largest absolute Gasteiger partial charge is 0.339 e. The van der Waals surface area contributed by atoms with Crippen LogP contribution in [0.3, 0.4) is 0 Å². The Morgan fingerprint density at radius 3 is 2.81 bits per heavy atom. The molecular formula is C15H18ClN5. The summed E-state index contributed by atoms with van der Waals surface area (Å²) in [5.74, 6) is 1.38. The van der Waals surface area contributed by atoms with E-state index in [1.165, 1.54) is 19.3 Å². The van der Waals surface area contributed by atoms with Gasteiger partial charge in [-0.15, -0.1) is 5.10 Å². The van der Waals surface area contributed by atoms with Crippen LogP contribution in [0, 0.1) is 6.92 Å². The first kappa shape index (κ1) is 14.1. The van der Waals surface area contributed by atoms with Crippen molar-refractivity contribution >= 4 is 29.1 Å². The third-order valence-corrected chi connectivity index (χ3v) is 4.13. The van der Waals surface area contributed by atoms with E-state index in [0.29, 0.717) is 11.8 Å². The Bertz CT molecular complexity index is 625. The molecule has 0 radical (unpaired) electrons. The number of halogens is 1. The molecule has 1 aliphatic heterocycles. The van der Waals surface area contributed by atoms with Crippen molar-refractivity contribution in [3.63, 3.8) is 0 Å². The molecule has 1 saturated heterocycles. The van der Waals surface area contributed by atoms with Gasteiger partial charge in [0.2, 0.25) is 5.95 Å². The normalized spacial score (nSPS) is 15.0. The van der Waals surface area contributed by atoms with Crippen molar-refractivity contribution in [2.45, 2.75) is 26.2 Å². The van der Waals surface area contributed by atoms with E-state index in [4.69, 9.17) is 11.6 Å². The Kier molecular flexibility index (Phi) is 4.20. The first-order valence-corrected chi connectivity index (χ1v) is 7.58. The quantitative estimate of drug-likeness (QED) is 0.939. The highest BCUT2D eigenvalue weighted by Gasteiger charge is 2.14. The van der Waals surface area contributed by atoms with E-state index >= 15 is 0 Å². The monoisotopic (exact) mass is 303 g/mol. The van der Waals surface area contributed by atoms with Crippen LogP contribution in [0.25, 0.3) is 0 Å². The van der Waals surface area contributed by atoms with Gasteiger partial charge in [-0.25, -0.2) is 0 Å². The fourth-order valence-corrected chi connectivity index (χ4v) is 2.64. The number of aromatic nitrogens is 3. The van der Waals surface area contributed by atoms with Crippen LogP contribution in [0.2, 0.25) is 5.02 Å². The molecule has 0 amide bonds. The Balaban J connectivity index is 1.81. The highest BCUT2D eigenvalue weighted by Crippen LogP contribution is 2.25. The van der Waals surface area contributed by atoms with Gasteiger partial charge in [0.05, 0.1) is 6.20 Å². The molecule has 2 heterocycles. The third kappa shape index (κ3) is 3.24. The first-order valence-electron chi connectivity index (χ1n) is 7.21. The third-order valence-electron chi connectivity index (χ3n) is 3.72. The van der Waals surface area contributed by atoms with Crippen molar-refractivity contribution in [3.05, 3.63) is 35.0 Å². The Labute approximate surface area is 129 Å². The summed E-state index contributed by atoms with van der Waals surface area (Å²) < 4.78 is 0. The van der Waals surface area contributed by atoms with Gasteiger partial charge in [-0.3, -0.25) is 0 Å². The minimum atomic E-state index is 0.691. The summed E-state index contributed by atoms with van der Waals surface area (Å²) in [6, 6.07) is 5.77. The minimum Gasteiger partial charge on any atom is -0.339 e. The number of benzene rings is 1. The van der Waals surface area contributed by atoms with Gasteiger partial charge in [-0.1, -0.05) is 17.7 Å². The average molecular weight is 304 g/mol.